The van der Waals surface area contributed by atoms with Crippen LogP contribution >= 0.6 is 11.8 Å². The van der Waals surface area contributed by atoms with Crippen molar-refractivity contribution in [3.05, 3.63) is 0 Å². The molecule has 1 aliphatic heterocycles. The summed E-state index contributed by atoms with van der Waals surface area (Å²) in [4.78, 5) is 23.0. The van der Waals surface area contributed by atoms with Crippen LogP contribution in [0.4, 0.5) is 0 Å². The fourth-order valence-corrected chi connectivity index (χ4v) is 1.76. The Bertz CT molecular complexity index is 183. The number of amides is 2. The minimum absolute atomic E-state index is 0.0139. The van der Waals surface area contributed by atoms with Crippen molar-refractivity contribution in [2.24, 2.45) is 5.73 Å². The van der Waals surface area contributed by atoms with Gasteiger partial charge in [0.2, 0.25) is 11.8 Å². The van der Waals surface area contributed by atoms with E-state index in [0.29, 0.717) is 12.3 Å². The van der Waals surface area contributed by atoms with Crippen LogP contribution in [0, 0.1) is 0 Å². The van der Waals surface area contributed by atoms with E-state index in [1.807, 2.05) is 0 Å². The average Bonchev–Trinajstić information content (AvgIpc) is 1.93. The minimum Gasteiger partial charge on any atom is -0.368 e. The predicted octanol–water partition coefficient (Wildman–Crippen LogP) is -0.953. The summed E-state index contributed by atoms with van der Waals surface area (Å²) < 4.78 is 0. The van der Waals surface area contributed by atoms with Gasteiger partial charge >= 0.3 is 0 Å². The standard InChI is InChI=1S/C6H10N2O2S/c7-5(9)3-8-1-2-11-4-6(8)10/h1-4H2,(H2,7,9). The van der Waals surface area contributed by atoms with Crippen LogP contribution in [0.5, 0.6) is 0 Å². The number of hydrogen-bond acceptors (Lipinski definition) is 3. The molecule has 1 aliphatic rings. The van der Waals surface area contributed by atoms with Gasteiger partial charge in [0.25, 0.3) is 0 Å². The maximum atomic E-state index is 11.0. The summed E-state index contributed by atoms with van der Waals surface area (Å²) in [5, 5.41) is 0. The number of nitrogens with zero attached hydrogens (tertiary/aromatic N) is 1. The molecule has 0 spiro atoms. The van der Waals surface area contributed by atoms with Crippen LogP contribution in [-0.4, -0.2) is 41.3 Å². The van der Waals surface area contributed by atoms with Gasteiger partial charge in [-0.2, -0.15) is 11.8 Å². The lowest BCUT2D eigenvalue weighted by Crippen LogP contribution is -2.43. The molecule has 1 fully saturated rings. The van der Waals surface area contributed by atoms with E-state index >= 15 is 0 Å². The molecule has 0 aromatic heterocycles. The zero-order valence-electron chi connectivity index (χ0n) is 6.08. The highest BCUT2D eigenvalue weighted by Gasteiger charge is 2.19. The molecular weight excluding hydrogens is 164 g/mol. The van der Waals surface area contributed by atoms with Crippen molar-refractivity contribution in [2.75, 3.05) is 24.6 Å². The molecule has 4 nitrogen and oxygen atoms in total. The first-order chi connectivity index (χ1) is 5.20. The molecule has 1 rings (SSSR count). The number of nitrogens with two attached hydrogens (primary N) is 1. The van der Waals surface area contributed by atoms with Crippen molar-refractivity contribution >= 4 is 23.6 Å². The first kappa shape index (κ1) is 8.39. The average molecular weight is 174 g/mol. The van der Waals surface area contributed by atoms with Crippen molar-refractivity contribution in [2.45, 2.75) is 0 Å². The number of primary amides is 1. The van der Waals surface area contributed by atoms with Crippen LogP contribution in [0.2, 0.25) is 0 Å². The molecule has 0 saturated carbocycles. The van der Waals surface area contributed by atoms with Crippen molar-refractivity contribution in [1.82, 2.24) is 4.90 Å². The third-order valence-electron chi connectivity index (χ3n) is 1.43. The third kappa shape index (κ3) is 2.42. The van der Waals surface area contributed by atoms with Gasteiger partial charge in [-0.3, -0.25) is 9.59 Å². The molecule has 0 radical (unpaired) electrons. The van der Waals surface area contributed by atoms with Crippen molar-refractivity contribution < 1.29 is 9.59 Å². The Labute approximate surface area is 69.1 Å². The van der Waals surface area contributed by atoms with Gasteiger partial charge in [0.05, 0.1) is 12.3 Å². The third-order valence-corrected chi connectivity index (χ3v) is 2.35. The molecule has 62 valence electrons. The lowest BCUT2D eigenvalue weighted by atomic mass is 10.4. The van der Waals surface area contributed by atoms with E-state index in [0.717, 1.165) is 5.75 Å². The Morgan fingerprint density at radius 1 is 1.73 bits per heavy atom. The van der Waals surface area contributed by atoms with E-state index in [2.05, 4.69) is 0 Å². The van der Waals surface area contributed by atoms with Gasteiger partial charge in [-0.15, -0.1) is 0 Å². The quantitative estimate of drug-likeness (QED) is 0.587. The zero-order chi connectivity index (χ0) is 8.27. The number of carbonyl (C=O) groups is 2. The summed E-state index contributed by atoms with van der Waals surface area (Å²) in [7, 11) is 0. The molecule has 11 heavy (non-hydrogen) atoms. The SMILES string of the molecule is NC(=O)CN1CCSCC1=O. The number of rotatable bonds is 2. The monoisotopic (exact) mass is 174 g/mol. The van der Waals surface area contributed by atoms with Crippen LogP contribution < -0.4 is 5.73 Å². The maximum Gasteiger partial charge on any atom is 0.237 e. The van der Waals surface area contributed by atoms with Crippen molar-refractivity contribution in [3.63, 3.8) is 0 Å². The van der Waals surface area contributed by atoms with Gasteiger partial charge in [-0.25, -0.2) is 0 Å². The molecule has 0 bridgehead atoms. The van der Waals surface area contributed by atoms with Crippen molar-refractivity contribution in [3.8, 4) is 0 Å². The molecule has 2 amide bonds. The Balaban J connectivity index is 2.42. The van der Waals surface area contributed by atoms with Crippen LogP contribution in [-0.2, 0) is 9.59 Å². The zero-order valence-corrected chi connectivity index (χ0v) is 6.89. The van der Waals surface area contributed by atoms with E-state index < -0.39 is 5.91 Å². The van der Waals surface area contributed by atoms with E-state index in [-0.39, 0.29) is 12.5 Å². The van der Waals surface area contributed by atoms with Gasteiger partial charge < -0.3 is 10.6 Å². The van der Waals surface area contributed by atoms with Gasteiger partial charge in [0.1, 0.15) is 0 Å². The summed E-state index contributed by atoms with van der Waals surface area (Å²) in [6, 6.07) is 0. The molecule has 1 heterocycles. The Hall–Kier alpha value is -0.710. The first-order valence-corrected chi connectivity index (χ1v) is 4.49. The largest absolute Gasteiger partial charge is 0.368 e. The topological polar surface area (TPSA) is 63.4 Å². The normalized spacial score (nSPS) is 18.5. The molecule has 2 N–H and O–H groups in total. The Morgan fingerprint density at radius 2 is 2.45 bits per heavy atom. The van der Waals surface area contributed by atoms with Crippen LogP contribution in [0.25, 0.3) is 0 Å². The van der Waals surface area contributed by atoms with Crippen LogP contribution in [0.3, 0.4) is 0 Å². The van der Waals surface area contributed by atoms with Gasteiger partial charge in [0.15, 0.2) is 0 Å². The van der Waals surface area contributed by atoms with E-state index in [4.69, 9.17) is 5.73 Å². The van der Waals surface area contributed by atoms with Crippen LogP contribution in [0.15, 0.2) is 0 Å². The lowest BCUT2D eigenvalue weighted by molar-refractivity contribution is -0.133. The molecule has 5 heteroatoms. The van der Waals surface area contributed by atoms with Crippen molar-refractivity contribution in [1.29, 1.82) is 0 Å². The van der Waals surface area contributed by atoms with E-state index in [1.54, 1.807) is 11.8 Å². The van der Waals surface area contributed by atoms with E-state index in [9.17, 15) is 9.59 Å². The summed E-state index contributed by atoms with van der Waals surface area (Å²) in [5.74, 6) is 0.956. The highest BCUT2D eigenvalue weighted by molar-refractivity contribution is 8.00. The number of carbonyl (C=O) groups excluding carboxylic acids is 2. The smallest absolute Gasteiger partial charge is 0.237 e. The highest BCUT2D eigenvalue weighted by Crippen LogP contribution is 2.09. The van der Waals surface area contributed by atoms with E-state index in [1.165, 1.54) is 4.90 Å². The number of hydrogen-bond donors (Lipinski definition) is 1. The van der Waals surface area contributed by atoms with Gasteiger partial charge in [-0.05, 0) is 0 Å². The lowest BCUT2D eigenvalue weighted by Gasteiger charge is -2.24. The molecule has 0 aliphatic carbocycles. The second-order valence-corrected chi connectivity index (χ2v) is 3.44. The summed E-state index contributed by atoms with van der Waals surface area (Å²) in [6.07, 6.45) is 0. The Kier molecular flexibility index (Phi) is 2.76. The maximum absolute atomic E-state index is 11.0. The minimum atomic E-state index is -0.440. The fraction of sp³-hybridized carbons (Fsp3) is 0.667. The summed E-state index contributed by atoms with van der Waals surface area (Å²) in [5.41, 5.74) is 4.95. The predicted molar refractivity (Wildman–Crippen MR) is 43.1 cm³/mol. The molecule has 0 atom stereocenters. The molecule has 1 saturated heterocycles. The fourth-order valence-electron chi connectivity index (χ4n) is 0.906. The number of thioether (sulfide) groups is 1. The summed E-state index contributed by atoms with van der Waals surface area (Å²) >= 11 is 1.59. The molecule has 0 unspecified atom stereocenters. The van der Waals surface area contributed by atoms with Gasteiger partial charge in [0, 0.05) is 12.3 Å². The van der Waals surface area contributed by atoms with Crippen LogP contribution in [0.1, 0.15) is 0 Å². The second-order valence-electron chi connectivity index (χ2n) is 2.33. The second kappa shape index (κ2) is 3.61. The Morgan fingerprint density at radius 3 is 3.00 bits per heavy atom. The molecule has 0 aromatic carbocycles. The van der Waals surface area contributed by atoms with Gasteiger partial charge in [-0.1, -0.05) is 0 Å². The molecular formula is C6H10N2O2S. The summed E-state index contributed by atoms with van der Waals surface area (Å²) in [6.45, 7) is 0.714. The first-order valence-electron chi connectivity index (χ1n) is 3.34. The molecule has 0 aromatic rings. The highest BCUT2D eigenvalue weighted by atomic mass is 32.2.